The Labute approximate surface area is 682 Å². The molecule has 0 unspecified atom stereocenters. The summed E-state index contributed by atoms with van der Waals surface area (Å²) >= 11 is 0. The zero-order valence-corrected chi connectivity index (χ0v) is 70.1. The van der Waals surface area contributed by atoms with E-state index in [1.807, 2.05) is 0 Å². The van der Waals surface area contributed by atoms with Crippen LogP contribution < -0.4 is 52.2 Å². The van der Waals surface area contributed by atoms with E-state index in [1.54, 1.807) is 0 Å². The van der Waals surface area contributed by atoms with Gasteiger partial charge in [-0.15, -0.1) is 0 Å². The fourth-order valence-corrected chi connectivity index (χ4v) is 18.8. The zero-order chi connectivity index (χ0) is 79.9. The largest absolute Gasteiger partial charge is 0.458 e. The molecule has 115 heavy (non-hydrogen) atoms. The van der Waals surface area contributed by atoms with Crippen LogP contribution in [0.15, 0.2) is 291 Å². The second-order valence-corrected chi connectivity index (χ2v) is 39.0. The Morgan fingerprint density at radius 3 is 1.00 bits per heavy atom. The fraction of sp³-hybridized carbons (Fsp3) is 0.222. The first-order valence-corrected chi connectivity index (χ1v) is 41.4. The van der Waals surface area contributed by atoms with Crippen LogP contribution in [0.25, 0.3) is 72.0 Å². The van der Waals surface area contributed by atoms with E-state index in [2.05, 4.69) is 435 Å². The first kappa shape index (κ1) is 73.4. The van der Waals surface area contributed by atoms with Gasteiger partial charge in [0.15, 0.2) is 0 Å². The number of nitrogens with zero attached hydrogens (tertiary/aromatic N) is 4. The van der Waals surface area contributed by atoms with Gasteiger partial charge in [-0.2, -0.15) is 0 Å². The average Bonchev–Trinajstić information content (AvgIpc) is 0.910. The van der Waals surface area contributed by atoms with Crippen molar-refractivity contribution in [1.29, 1.82) is 0 Å². The summed E-state index contributed by atoms with van der Waals surface area (Å²) in [5.74, 6) is 1.66. The molecule has 0 bridgehead atoms. The van der Waals surface area contributed by atoms with Crippen molar-refractivity contribution in [2.75, 3.05) is 14.7 Å². The van der Waals surface area contributed by atoms with Gasteiger partial charge in [-0.05, 0) is 188 Å². The van der Waals surface area contributed by atoms with Crippen LogP contribution in [-0.2, 0) is 32.5 Å². The van der Waals surface area contributed by atoms with Crippen LogP contribution in [0.1, 0.15) is 158 Å². The molecule has 14 aromatic carbocycles. The summed E-state index contributed by atoms with van der Waals surface area (Å²) in [5.41, 5.74) is 36.7. The highest BCUT2D eigenvalue weighted by atomic mass is 16.5. The van der Waals surface area contributed by atoms with Gasteiger partial charge >= 0.3 is 0 Å². The Morgan fingerprint density at radius 1 is 0.235 bits per heavy atom. The van der Waals surface area contributed by atoms with Crippen molar-refractivity contribution in [1.82, 2.24) is 4.57 Å². The minimum atomic E-state index is -0.308. The Hall–Kier alpha value is -11.8. The number of hydrogen-bond donors (Lipinski definition) is 0. The fourth-order valence-electron chi connectivity index (χ4n) is 18.8. The van der Waals surface area contributed by atoms with Gasteiger partial charge in [0.25, 0.3) is 13.4 Å². The summed E-state index contributed by atoms with van der Waals surface area (Å²) in [4.78, 5) is 7.99. The average molecular weight is 1490 g/mol. The van der Waals surface area contributed by atoms with E-state index in [0.717, 1.165) is 123 Å². The number of ether oxygens (including phenoxy) is 1. The highest BCUT2D eigenvalue weighted by Gasteiger charge is 2.50. The highest BCUT2D eigenvalue weighted by molar-refractivity contribution is 7.02. The van der Waals surface area contributed by atoms with Gasteiger partial charge in [-0.1, -0.05) is 337 Å². The van der Waals surface area contributed by atoms with E-state index in [4.69, 9.17) is 4.74 Å². The van der Waals surface area contributed by atoms with Crippen molar-refractivity contribution in [3.8, 4) is 61.7 Å². The minimum Gasteiger partial charge on any atom is -0.458 e. The molecular weight excluding hydrogens is 1390 g/mol. The second kappa shape index (κ2) is 26.4. The lowest BCUT2D eigenvalue weighted by Crippen LogP contribution is -2.64. The molecule has 0 atom stereocenters. The van der Waals surface area contributed by atoms with Crippen molar-refractivity contribution >= 4 is 119 Å². The Morgan fingerprint density at radius 2 is 0.583 bits per heavy atom. The van der Waals surface area contributed by atoms with E-state index in [9.17, 15) is 0 Å². The van der Waals surface area contributed by atoms with Crippen molar-refractivity contribution < 1.29 is 4.74 Å². The van der Waals surface area contributed by atoms with E-state index >= 15 is 0 Å². The lowest BCUT2D eigenvalue weighted by atomic mass is 9.30. The van der Waals surface area contributed by atoms with E-state index in [1.165, 1.54) is 77.4 Å². The van der Waals surface area contributed by atoms with Crippen LogP contribution >= 0.6 is 0 Å². The van der Waals surface area contributed by atoms with Crippen LogP contribution in [0.2, 0.25) is 0 Å². The van der Waals surface area contributed by atoms with Gasteiger partial charge in [-0.3, -0.25) is 0 Å². The molecule has 5 nitrogen and oxygen atoms in total. The smallest absolute Gasteiger partial charge is 0.256 e. The number of rotatable bonds is 8. The second-order valence-electron chi connectivity index (χ2n) is 39.0. The molecule has 0 radical (unpaired) electrons. The highest BCUT2D eigenvalue weighted by Crippen LogP contribution is 2.55. The molecule has 566 valence electrons. The summed E-state index contributed by atoms with van der Waals surface area (Å²) < 4.78 is 10.9. The quantitative estimate of drug-likeness (QED) is 0.142. The number of anilines is 9. The molecular formula is C108H102B2N4O. The maximum absolute atomic E-state index is 8.33. The summed E-state index contributed by atoms with van der Waals surface area (Å²) in [6, 6.07) is 112. The molecule has 15 aromatic rings. The summed E-state index contributed by atoms with van der Waals surface area (Å²) in [6.45, 7) is 41.7. The van der Waals surface area contributed by atoms with Gasteiger partial charge < -0.3 is 24.0 Å². The molecule has 0 N–H and O–H groups in total. The maximum Gasteiger partial charge on any atom is 0.256 e. The molecule has 4 aliphatic heterocycles. The van der Waals surface area contributed by atoms with Gasteiger partial charge in [0.05, 0.1) is 28.1 Å². The predicted molar refractivity (Wildman–Crippen MR) is 495 cm³/mol. The predicted octanol–water partition coefficient (Wildman–Crippen LogP) is 25.7. The Bertz CT molecular complexity index is 6240. The molecule has 1 aromatic heterocycles. The summed E-state index contributed by atoms with van der Waals surface area (Å²) in [5, 5.41) is 2.47. The van der Waals surface area contributed by atoms with Crippen LogP contribution in [0.5, 0.6) is 11.5 Å². The van der Waals surface area contributed by atoms with Gasteiger partial charge in [0.1, 0.15) is 11.5 Å². The molecule has 0 saturated carbocycles. The molecule has 0 saturated heterocycles. The minimum absolute atomic E-state index is 0.0446. The lowest BCUT2D eigenvalue weighted by molar-refractivity contribution is 0.487. The molecule has 19 rings (SSSR count). The molecule has 0 amide bonds. The van der Waals surface area contributed by atoms with Gasteiger partial charge in [0.2, 0.25) is 0 Å². The lowest BCUT2D eigenvalue weighted by Gasteiger charge is -2.47. The van der Waals surface area contributed by atoms with E-state index in [-0.39, 0.29) is 45.9 Å². The number of hydrogen-bond acceptors (Lipinski definition) is 4. The van der Waals surface area contributed by atoms with Crippen molar-refractivity contribution in [3.05, 3.63) is 325 Å². The molecule has 0 aliphatic carbocycles. The van der Waals surface area contributed by atoms with Crippen molar-refractivity contribution in [3.63, 3.8) is 0 Å². The normalized spacial score (nSPS) is 13.8. The number of benzene rings is 14. The molecule has 4 aliphatic rings. The first-order valence-electron chi connectivity index (χ1n) is 41.4. The zero-order valence-electron chi connectivity index (χ0n) is 70.1. The number of aromatic nitrogens is 1. The monoisotopic (exact) mass is 1490 g/mol. The Balaban J connectivity index is 0.970. The van der Waals surface area contributed by atoms with E-state index < -0.39 is 0 Å². The molecule has 0 spiro atoms. The molecule has 5 heterocycles. The first-order chi connectivity index (χ1) is 54.8. The van der Waals surface area contributed by atoms with Gasteiger partial charge in [-0.25, -0.2) is 0 Å². The topological polar surface area (TPSA) is 23.9 Å². The van der Waals surface area contributed by atoms with Crippen LogP contribution in [0.3, 0.4) is 0 Å². The number of para-hydroxylation sites is 2. The third-order valence-electron chi connectivity index (χ3n) is 25.2. The summed E-state index contributed by atoms with van der Waals surface area (Å²) in [6.07, 6.45) is 0. The van der Waals surface area contributed by atoms with Crippen LogP contribution in [-0.4, -0.2) is 18.0 Å². The Kier molecular flexibility index (Phi) is 16.8. The summed E-state index contributed by atoms with van der Waals surface area (Å²) in [7, 11) is 0. The number of fused-ring (bicyclic) bond motifs is 11. The van der Waals surface area contributed by atoms with Crippen molar-refractivity contribution in [2.24, 2.45) is 0 Å². The maximum atomic E-state index is 8.33. The SMILES string of the molecule is CC(C)(C)c1ccc(N2c3cc(C(C)(C)C)ccc3B3c4cc5c(cc4N(c4c(-c6ccccc6)cccc4-c4ccccc4)c4cc(C(C)(C)C)cc2c43)Oc2cc(-n3c4ccc(C(C)(C)C)cc4c4cc(C(C)(C)C)ccc43)cc3c2B5c2ccc(C(C)(C)C)cc2N3c2c(-c3ccccc3)cccc2-c2ccccc2)cc1. The van der Waals surface area contributed by atoms with E-state index in [0.29, 0.717) is 0 Å². The van der Waals surface area contributed by atoms with Crippen LogP contribution in [0, 0.1) is 0 Å². The van der Waals surface area contributed by atoms with Gasteiger partial charge in [0, 0.05) is 85.0 Å². The van der Waals surface area contributed by atoms with Crippen LogP contribution in [0.4, 0.5) is 51.2 Å². The third-order valence-corrected chi connectivity index (χ3v) is 25.2. The molecule has 7 heteroatoms. The molecule has 0 fully saturated rings. The standard InChI is InChI=1S/C108H102B2N4O/c1-103(2,3)71-45-51-77(52-46-71)111-91-59-74(106(10,11)12)47-53-85(91)109-87-65-88-97(66-93(87)114(95-62-76(108(16,17)18)61-94(111)99(95)109)102-81(69-37-27-21-28-38-69)43-32-44-82(102)70-39-29-22-30-40-70)115-98-64-78(112-89-55-49-72(104(4,5)6)57-83(89)84-58-73(105(7,8)9)50-56-90(84)112)63-96-100(98)110(88)86-54-48-75(107(13,14)15)60-92(86)113(96)101-79(67-33-23-19-24-34-67)41-31-42-80(101)68-35-25-20-26-36-68/h19-66H,1-18H3. The third kappa shape index (κ3) is 12.2. The van der Waals surface area contributed by atoms with Crippen molar-refractivity contribution in [2.45, 2.75) is 157 Å².